The Bertz CT molecular complexity index is 442. The van der Waals surface area contributed by atoms with Crippen LogP contribution >= 0.6 is 11.3 Å². The molecule has 1 aromatic rings. The number of aromatic nitrogens is 1. The fourth-order valence-corrected chi connectivity index (χ4v) is 2.14. The highest BCUT2D eigenvalue weighted by atomic mass is 32.1. The van der Waals surface area contributed by atoms with Crippen LogP contribution in [0.15, 0.2) is 5.38 Å². The van der Waals surface area contributed by atoms with E-state index < -0.39 is 24.2 Å². The van der Waals surface area contributed by atoms with Crippen molar-refractivity contribution in [2.45, 2.75) is 38.9 Å². The third kappa shape index (κ3) is 2.10. The van der Waals surface area contributed by atoms with Gasteiger partial charge in [-0.15, -0.1) is 11.3 Å². The number of nitrogens with zero attached hydrogens (tertiary/aromatic N) is 1. The quantitative estimate of drug-likeness (QED) is 0.781. The Morgan fingerprint density at radius 2 is 1.88 bits per heavy atom. The van der Waals surface area contributed by atoms with Crippen molar-refractivity contribution in [1.82, 2.24) is 4.98 Å². The number of rotatable bonds is 2. The summed E-state index contributed by atoms with van der Waals surface area (Å²) in [7, 11) is -0.538. The summed E-state index contributed by atoms with van der Waals surface area (Å²) in [5.41, 5.74) is 4.94. The zero-order chi connectivity index (χ0) is 12.8. The molecule has 0 aliphatic carbocycles. The maximum absolute atomic E-state index is 11.0. The van der Waals surface area contributed by atoms with Gasteiger partial charge in [0.2, 0.25) is 0 Å². The minimum Gasteiger partial charge on any atom is -0.398 e. The molecule has 0 bridgehead atoms. The van der Waals surface area contributed by atoms with Crippen LogP contribution in [0, 0.1) is 0 Å². The molecule has 2 heterocycles. The summed E-state index contributed by atoms with van der Waals surface area (Å²) in [5, 5.41) is 2.01. The molecule has 0 radical (unpaired) electrons. The Morgan fingerprint density at radius 3 is 2.29 bits per heavy atom. The predicted molar refractivity (Wildman–Crippen MR) is 66.3 cm³/mol. The van der Waals surface area contributed by atoms with Crippen LogP contribution in [0.25, 0.3) is 0 Å². The van der Waals surface area contributed by atoms with E-state index in [-0.39, 0.29) is 5.01 Å². The highest BCUT2D eigenvalue weighted by molar-refractivity contribution is 7.12. The van der Waals surface area contributed by atoms with Gasteiger partial charge in [0.15, 0.2) is 5.01 Å². The third-order valence-corrected chi connectivity index (χ3v) is 4.10. The predicted octanol–water partition coefficient (Wildman–Crippen LogP) is 0.541. The van der Waals surface area contributed by atoms with E-state index in [1.807, 2.05) is 27.7 Å². The van der Waals surface area contributed by atoms with Gasteiger partial charge in [-0.05, 0) is 27.7 Å². The first-order valence-corrected chi connectivity index (χ1v) is 6.22. The molecule has 0 saturated carbocycles. The maximum Gasteiger partial charge on any atom is 0.515 e. The molecule has 5 nitrogen and oxygen atoms in total. The number of carbonyl (C=O) groups is 1. The van der Waals surface area contributed by atoms with Crippen molar-refractivity contribution in [2.75, 3.05) is 0 Å². The Labute approximate surface area is 104 Å². The van der Waals surface area contributed by atoms with Gasteiger partial charge < -0.3 is 15.0 Å². The first-order valence-electron chi connectivity index (χ1n) is 5.34. The van der Waals surface area contributed by atoms with E-state index >= 15 is 0 Å². The van der Waals surface area contributed by atoms with Crippen LogP contribution in [-0.2, 0) is 9.31 Å². The lowest BCUT2D eigenvalue weighted by Gasteiger charge is -2.32. The number of primary amides is 1. The van der Waals surface area contributed by atoms with Crippen molar-refractivity contribution in [2.24, 2.45) is 5.73 Å². The van der Waals surface area contributed by atoms with Gasteiger partial charge in [0.05, 0.1) is 16.8 Å². The molecule has 0 spiro atoms. The zero-order valence-corrected chi connectivity index (χ0v) is 11.1. The first-order chi connectivity index (χ1) is 7.73. The van der Waals surface area contributed by atoms with Gasteiger partial charge in [0, 0.05) is 5.38 Å². The number of carbonyl (C=O) groups excluding carboxylic acids is 1. The Kier molecular flexibility index (Phi) is 2.80. The molecule has 1 aliphatic heterocycles. The van der Waals surface area contributed by atoms with Crippen LogP contribution in [-0.4, -0.2) is 29.2 Å². The zero-order valence-electron chi connectivity index (χ0n) is 10.3. The van der Waals surface area contributed by atoms with Crippen LogP contribution in [0.5, 0.6) is 0 Å². The molecule has 1 saturated heterocycles. The topological polar surface area (TPSA) is 74.4 Å². The minimum absolute atomic E-state index is 0.273. The summed E-state index contributed by atoms with van der Waals surface area (Å²) in [6, 6.07) is 0. The summed E-state index contributed by atoms with van der Waals surface area (Å²) in [4.78, 5) is 15.1. The Morgan fingerprint density at radius 1 is 1.35 bits per heavy atom. The van der Waals surface area contributed by atoms with Gasteiger partial charge in [-0.25, -0.2) is 4.98 Å². The number of amides is 1. The average molecular weight is 254 g/mol. The highest BCUT2D eigenvalue weighted by Gasteiger charge is 2.52. The molecule has 1 aliphatic rings. The summed E-state index contributed by atoms with van der Waals surface area (Å²) in [6.45, 7) is 7.87. The molecule has 2 N–H and O–H groups in total. The normalized spacial score (nSPS) is 21.8. The molecule has 0 aromatic carbocycles. The van der Waals surface area contributed by atoms with E-state index in [0.29, 0.717) is 5.59 Å². The van der Waals surface area contributed by atoms with Gasteiger partial charge in [-0.3, -0.25) is 4.79 Å². The van der Waals surface area contributed by atoms with Gasteiger partial charge in [-0.1, -0.05) is 0 Å². The van der Waals surface area contributed by atoms with Crippen molar-refractivity contribution >= 4 is 30.0 Å². The molecule has 1 fully saturated rings. The standard InChI is InChI=1S/C10H15BN2O3S/c1-9(2)10(3,4)16-11(15-9)6-5-17-8(13-6)7(12)14/h5H,1-4H3,(H2,12,14). The second-order valence-electron chi connectivity index (χ2n) is 5.03. The van der Waals surface area contributed by atoms with Gasteiger partial charge in [0.25, 0.3) is 5.91 Å². The fraction of sp³-hybridized carbons (Fsp3) is 0.600. The highest BCUT2D eigenvalue weighted by Crippen LogP contribution is 2.36. The summed E-state index contributed by atoms with van der Waals surface area (Å²) in [5.74, 6) is -0.530. The Hall–Kier alpha value is -0.915. The van der Waals surface area contributed by atoms with Crippen molar-refractivity contribution in [3.05, 3.63) is 10.4 Å². The second-order valence-corrected chi connectivity index (χ2v) is 5.89. The van der Waals surface area contributed by atoms with Crippen molar-refractivity contribution in [1.29, 1.82) is 0 Å². The molecule has 2 rings (SSSR count). The van der Waals surface area contributed by atoms with Gasteiger partial charge in [-0.2, -0.15) is 0 Å². The third-order valence-electron chi connectivity index (χ3n) is 3.23. The van der Waals surface area contributed by atoms with E-state index in [9.17, 15) is 4.79 Å². The van der Waals surface area contributed by atoms with Crippen LogP contribution < -0.4 is 11.3 Å². The largest absolute Gasteiger partial charge is 0.515 e. The van der Waals surface area contributed by atoms with Crippen LogP contribution in [0.1, 0.15) is 37.5 Å². The number of hydrogen-bond donors (Lipinski definition) is 1. The van der Waals surface area contributed by atoms with E-state index in [2.05, 4.69) is 4.98 Å². The van der Waals surface area contributed by atoms with Crippen molar-refractivity contribution in [3.8, 4) is 0 Å². The molecular weight excluding hydrogens is 239 g/mol. The lowest BCUT2D eigenvalue weighted by molar-refractivity contribution is 0.00578. The number of hydrogen-bond acceptors (Lipinski definition) is 5. The van der Waals surface area contributed by atoms with E-state index in [4.69, 9.17) is 15.0 Å². The first kappa shape index (κ1) is 12.5. The summed E-state index contributed by atoms with van der Waals surface area (Å²) in [6.07, 6.45) is 0. The molecule has 1 amide bonds. The molecule has 17 heavy (non-hydrogen) atoms. The monoisotopic (exact) mass is 254 g/mol. The van der Waals surface area contributed by atoms with Crippen molar-refractivity contribution < 1.29 is 14.1 Å². The molecule has 92 valence electrons. The lowest BCUT2D eigenvalue weighted by atomic mass is 9.86. The van der Waals surface area contributed by atoms with Gasteiger partial charge >= 0.3 is 7.12 Å². The molecule has 1 aromatic heterocycles. The molecule has 0 unspecified atom stereocenters. The maximum atomic E-state index is 11.0. The summed E-state index contributed by atoms with van der Waals surface area (Å²) < 4.78 is 11.6. The summed E-state index contributed by atoms with van der Waals surface area (Å²) >= 11 is 1.20. The van der Waals surface area contributed by atoms with E-state index in [0.717, 1.165) is 0 Å². The average Bonchev–Trinajstić information content (AvgIpc) is 2.70. The van der Waals surface area contributed by atoms with Crippen molar-refractivity contribution in [3.63, 3.8) is 0 Å². The van der Waals surface area contributed by atoms with Crippen LogP contribution in [0.2, 0.25) is 0 Å². The second kappa shape index (κ2) is 3.79. The van der Waals surface area contributed by atoms with E-state index in [1.54, 1.807) is 5.38 Å². The van der Waals surface area contributed by atoms with E-state index in [1.165, 1.54) is 11.3 Å². The fourth-order valence-electron chi connectivity index (χ4n) is 1.47. The minimum atomic E-state index is -0.538. The van der Waals surface area contributed by atoms with Gasteiger partial charge in [0.1, 0.15) is 0 Å². The van der Waals surface area contributed by atoms with Crippen LogP contribution in [0.3, 0.4) is 0 Å². The smallest absolute Gasteiger partial charge is 0.398 e. The molecule has 0 atom stereocenters. The number of nitrogens with two attached hydrogens (primary N) is 1. The Balaban J connectivity index is 2.23. The molecular formula is C10H15BN2O3S. The molecule has 7 heteroatoms. The number of thiazole rings is 1. The van der Waals surface area contributed by atoms with Crippen LogP contribution in [0.4, 0.5) is 0 Å². The SMILES string of the molecule is CC1(C)OB(c2csc(C(N)=O)n2)OC1(C)C. The lowest BCUT2D eigenvalue weighted by Crippen LogP contribution is -2.41.